The Bertz CT molecular complexity index is 1440. The van der Waals surface area contributed by atoms with Crippen molar-refractivity contribution in [2.24, 2.45) is 5.73 Å². The second-order valence-electron chi connectivity index (χ2n) is 8.75. The maximum atomic E-state index is 13.8. The summed E-state index contributed by atoms with van der Waals surface area (Å²) in [6.45, 7) is 4.91. The number of aromatic nitrogens is 4. The number of anilines is 1. The van der Waals surface area contributed by atoms with Crippen LogP contribution in [0.3, 0.4) is 0 Å². The Morgan fingerprint density at radius 2 is 1.89 bits per heavy atom. The predicted octanol–water partition coefficient (Wildman–Crippen LogP) is 2.88. The van der Waals surface area contributed by atoms with Crippen molar-refractivity contribution < 1.29 is 9.47 Å². The molecular formula is C26H28N6O3. The molecule has 0 bridgehead atoms. The molecule has 3 N–H and O–H groups in total. The summed E-state index contributed by atoms with van der Waals surface area (Å²) < 4.78 is 13.1. The maximum absolute atomic E-state index is 13.8. The van der Waals surface area contributed by atoms with E-state index in [0.29, 0.717) is 30.4 Å². The van der Waals surface area contributed by atoms with Crippen LogP contribution in [-0.2, 0) is 16.0 Å². The SMILES string of the molecule is CNc1ncc2cc(-c3ccc(-c4cccc(C)n4)cc3C)c(=O)n(CC3OCC(N)CO3)c2n1. The lowest BCUT2D eigenvalue weighted by atomic mass is 9.97. The van der Waals surface area contributed by atoms with Crippen LogP contribution in [0.4, 0.5) is 5.95 Å². The number of aryl methyl sites for hydroxylation is 2. The van der Waals surface area contributed by atoms with Crippen LogP contribution in [-0.4, -0.2) is 52.1 Å². The number of ether oxygens (including phenoxy) is 2. The van der Waals surface area contributed by atoms with Gasteiger partial charge in [-0.1, -0.05) is 18.2 Å². The summed E-state index contributed by atoms with van der Waals surface area (Å²) in [4.78, 5) is 27.3. The minimum atomic E-state index is -0.588. The molecule has 0 radical (unpaired) electrons. The van der Waals surface area contributed by atoms with Gasteiger partial charge in [0.05, 0.1) is 31.5 Å². The highest BCUT2D eigenvalue weighted by Gasteiger charge is 2.23. The van der Waals surface area contributed by atoms with Crippen LogP contribution in [0, 0.1) is 13.8 Å². The van der Waals surface area contributed by atoms with Gasteiger partial charge < -0.3 is 20.5 Å². The van der Waals surface area contributed by atoms with Crippen LogP contribution < -0.4 is 16.6 Å². The van der Waals surface area contributed by atoms with Crippen LogP contribution in [0.5, 0.6) is 0 Å². The van der Waals surface area contributed by atoms with E-state index in [-0.39, 0.29) is 18.1 Å². The van der Waals surface area contributed by atoms with Crippen molar-refractivity contribution in [2.45, 2.75) is 32.7 Å². The fraction of sp³-hybridized carbons (Fsp3) is 0.308. The summed E-state index contributed by atoms with van der Waals surface area (Å²) in [5.74, 6) is 0.428. The first-order chi connectivity index (χ1) is 16.9. The average molecular weight is 473 g/mol. The zero-order chi connectivity index (χ0) is 24.5. The van der Waals surface area contributed by atoms with E-state index >= 15 is 0 Å². The van der Waals surface area contributed by atoms with E-state index in [9.17, 15) is 4.79 Å². The third kappa shape index (κ3) is 4.66. The van der Waals surface area contributed by atoms with Crippen molar-refractivity contribution in [1.82, 2.24) is 19.5 Å². The van der Waals surface area contributed by atoms with Gasteiger partial charge in [-0.05, 0) is 49.2 Å². The topological polar surface area (TPSA) is 117 Å². The zero-order valence-corrected chi connectivity index (χ0v) is 20.0. The number of fused-ring (bicyclic) bond motifs is 1. The van der Waals surface area contributed by atoms with Gasteiger partial charge in [-0.2, -0.15) is 4.98 Å². The monoisotopic (exact) mass is 472 g/mol. The molecule has 4 aromatic rings. The molecule has 0 spiro atoms. The van der Waals surface area contributed by atoms with Crippen LogP contribution in [0.15, 0.2) is 53.5 Å². The van der Waals surface area contributed by atoms with E-state index in [4.69, 9.17) is 15.2 Å². The van der Waals surface area contributed by atoms with Gasteiger partial charge in [0.1, 0.15) is 5.65 Å². The van der Waals surface area contributed by atoms with E-state index in [0.717, 1.165) is 33.5 Å². The minimum Gasteiger partial charge on any atom is -0.357 e. The van der Waals surface area contributed by atoms with Crippen LogP contribution >= 0.6 is 0 Å². The number of rotatable bonds is 5. The summed E-state index contributed by atoms with van der Waals surface area (Å²) in [6, 6.07) is 13.6. The summed E-state index contributed by atoms with van der Waals surface area (Å²) in [6.07, 6.45) is 1.13. The first-order valence-electron chi connectivity index (χ1n) is 11.5. The highest BCUT2D eigenvalue weighted by Crippen LogP contribution is 2.28. The quantitative estimate of drug-likeness (QED) is 0.455. The molecule has 1 fully saturated rings. The van der Waals surface area contributed by atoms with E-state index in [2.05, 4.69) is 26.3 Å². The Labute approximate surface area is 203 Å². The summed E-state index contributed by atoms with van der Waals surface area (Å²) >= 11 is 0. The van der Waals surface area contributed by atoms with Crippen LogP contribution in [0.25, 0.3) is 33.4 Å². The summed E-state index contributed by atoms with van der Waals surface area (Å²) in [7, 11) is 1.74. The van der Waals surface area contributed by atoms with Crippen LogP contribution in [0.1, 0.15) is 11.3 Å². The molecule has 1 aromatic carbocycles. The molecule has 3 aromatic heterocycles. The lowest BCUT2D eigenvalue weighted by Crippen LogP contribution is -2.43. The predicted molar refractivity (Wildman–Crippen MR) is 135 cm³/mol. The lowest BCUT2D eigenvalue weighted by Gasteiger charge is -2.28. The third-order valence-corrected chi connectivity index (χ3v) is 6.08. The number of benzene rings is 1. The highest BCUT2D eigenvalue weighted by atomic mass is 16.7. The summed E-state index contributed by atoms with van der Waals surface area (Å²) in [5, 5.41) is 3.68. The Balaban J connectivity index is 1.61. The lowest BCUT2D eigenvalue weighted by molar-refractivity contribution is -0.191. The van der Waals surface area contributed by atoms with Crippen molar-refractivity contribution in [1.29, 1.82) is 0 Å². The maximum Gasteiger partial charge on any atom is 0.260 e. The van der Waals surface area contributed by atoms with Gasteiger partial charge in [0.2, 0.25) is 5.95 Å². The molecule has 1 aliphatic heterocycles. The van der Waals surface area contributed by atoms with Gasteiger partial charge in [-0.15, -0.1) is 0 Å². The van der Waals surface area contributed by atoms with Gasteiger partial charge in [0, 0.05) is 35.5 Å². The molecule has 1 aliphatic rings. The number of nitrogens with one attached hydrogen (secondary N) is 1. The fourth-order valence-electron chi connectivity index (χ4n) is 4.28. The number of hydrogen-bond acceptors (Lipinski definition) is 8. The number of nitrogens with two attached hydrogens (primary N) is 1. The van der Waals surface area contributed by atoms with Crippen molar-refractivity contribution in [3.63, 3.8) is 0 Å². The molecule has 0 aliphatic carbocycles. The first kappa shape index (κ1) is 23.1. The summed E-state index contributed by atoms with van der Waals surface area (Å²) in [5.41, 5.74) is 11.4. The zero-order valence-electron chi connectivity index (χ0n) is 20.0. The number of hydrogen-bond donors (Lipinski definition) is 2. The fourth-order valence-corrected chi connectivity index (χ4v) is 4.28. The van der Waals surface area contributed by atoms with Gasteiger partial charge in [-0.25, -0.2) is 4.98 Å². The molecule has 5 rings (SSSR count). The first-order valence-corrected chi connectivity index (χ1v) is 11.5. The molecule has 9 nitrogen and oxygen atoms in total. The molecular weight excluding hydrogens is 444 g/mol. The number of pyridine rings is 2. The third-order valence-electron chi connectivity index (χ3n) is 6.08. The highest BCUT2D eigenvalue weighted by molar-refractivity contribution is 5.83. The van der Waals surface area contributed by atoms with Gasteiger partial charge in [-0.3, -0.25) is 14.3 Å². The van der Waals surface area contributed by atoms with Gasteiger partial charge in [0.15, 0.2) is 6.29 Å². The Morgan fingerprint density at radius 3 is 2.60 bits per heavy atom. The standard InChI is InChI=1S/C26H28N6O3/c1-15-9-17(22-6-4-5-16(2)30-22)7-8-20(15)21-10-18-11-29-26(28-3)31-24(18)32(25(21)33)12-23-34-13-19(27)14-35-23/h4-11,19,23H,12-14,27H2,1-3H3,(H,28,29,31). The molecule has 9 heteroatoms. The van der Waals surface area contributed by atoms with E-state index in [1.807, 2.05) is 50.2 Å². The largest absolute Gasteiger partial charge is 0.357 e. The minimum absolute atomic E-state index is 0.173. The van der Waals surface area contributed by atoms with E-state index in [1.54, 1.807) is 17.8 Å². The molecule has 4 heterocycles. The van der Waals surface area contributed by atoms with E-state index < -0.39 is 6.29 Å². The Hall–Kier alpha value is -3.66. The molecule has 0 saturated carbocycles. The normalized spacial score (nSPS) is 18.1. The van der Waals surface area contributed by atoms with Crippen molar-refractivity contribution in [3.8, 4) is 22.4 Å². The van der Waals surface area contributed by atoms with Gasteiger partial charge >= 0.3 is 0 Å². The molecule has 180 valence electrons. The van der Waals surface area contributed by atoms with Crippen molar-refractivity contribution in [3.05, 3.63) is 70.3 Å². The second kappa shape index (κ2) is 9.53. The smallest absolute Gasteiger partial charge is 0.260 e. The molecule has 1 saturated heterocycles. The van der Waals surface area contributed by atoms with Gasteiger partial charge in [0.25, 0.3) is 5.56 Å². The average Bonchev–Trinajstić information content (AvgIpc) is 2.86. The van der Waals surface area contributed by atoms with E-state index in [1.165, 1.54) is 0 Å². The molecule has 0 unspecified atom stereocenters. The van der Waals surface area contributed by atoms with Crippen molar-refractivity contribution >= 4 is 17.0 Å². The number of nitrogens with zero attached hydrogens (tertiary/aromatic N) is 4. The molecule has 0 atom stereocenters. The Morgan fingerprint density at radius 1 is 1.09 bits per heavy atom. The second-order valence-corrected chi connectivity index (χ2v) is 8.75. The molecule has 35 heavy (non-hydrogen) atoms. The molecule has 0 amide bonds. The Kier molecular flexibility index (Phi) is 6.29. The van der Waals surface area contributed by atoms with Crippen molar-refractivity contribution in [2.75, 3.05) is 25.6 Å². The van der Waals surface area contributed by atoms with Crippen LogP contribution in [0.2, 0.25) is 0 Å².